The van der Waals surface area contributed by atoms with Crippen LogP contribution in [0.1, 0.15) is 11.3 Å². The number of aromatic nitrogens is 3. The van der Waals surface area contributed by atoms with E-state index in [1.807, 2.05) is 12.1 Å². The van der Waals surface area contributed by atoms with E-state index >= 15 is 0 Å². The van der Waals surface area contributed by atoms with Crippen LogP contribution >= 0.6 is 11.6 Å². The fourth-order valence-corrected chi connectivity index (χ4v) is 3.32. The molecule has 5 nitrogen and oxygen atoms in total. The van der Waals surface area contributed by atoms with Gasteiger partial charge in [0.2, 0.25) is 0 Å². The van der Waals surface area contributed by atoms with Crippen molar-refractivity contribution in [1.82, 2.24) is 14.5 Å². The van der Waals surface area contributed by atoms with Gasteiger partial charge in [0.25, 0.3) is 0 Å². The Labute approximate surface area is 164 Å². The number of anilines is 1. The molecule has 3 aromatic rings. The third kappa shape index (κ3) is 3.64. The zero-order valence-corrected chi connectivity index (χ0v) is 15.6. The Morgan fingerprint density at radius 1 is 1.21 bits per heavy atom. The van der Waals surface area contributed by atoms with Crippen LogP contribution in [0.25, 0.3) is 11.4 Å². The van der Waals surface area contributed by atoms with Crippen LogP contribution in [-0.4, -0.2) is 27.7 Å². The minimum Gasteiger partial charge on any atom is -0.488 e. The molecule has 9 heteroatoms. The number of hydrogen-bond acceptors (Lipinski definition) is 4. The van der Waals surface area contributed by atoms with E-state index in [0.717, 1.165) is 17.4 Å². The standard InChI is InChI=1S/C19H16ClF3N4O/c1-26-11-16(19(21,22)23)25-18(26)13-4-2-12(3-5-13)10-27-6-7-28-15-9-24-17(20)8-14(15)27/h2-5,8-9,11H,6-7,10H2,1H3. The zero-order chi connectivity index (χ0) is 19.9. The van der Waals surface area contributed by atoms with Gasteiger partial charge in [-0.3, -0.25) is 0 Å². The molecule has 1 aliphatic heterocycles. The summed E-state index contributed by atoms with van der Waals surface area (Å²) in [5.41, 5.74) is 1.60. The lowest BCUT2D eigenvalue weighted by molar-refractivity contribution is -0.140. The molecule has 0 saturated heterocycles. The smallest absolute Gasteiger partial charge is 0.434 e. The van der Waals surface area contributed by atoms with Gasteiger partial charge in [-0.1, -0.05) is 35.9 Å². The Kier molecular flexibility index (Phi) is 4.66. The van der Waals surface area contributed by atoms with Crippen LogP contribution in [0.4, 0.5) is 18.9 Å². The molecule has 1 aliphatic rings. The lowest BCUT2D eigenvalue weighted by Gasteiger charge is -2.31. The average Bonchev–Trinajstić information content (AvgIpc) is 3.05. The second kappa shape index (κ2) is 7.01. The van der Waals surface area contributed by atoms with Gasteiger partial charge in [-0.25, -0.2) is 9.97 Å². The van der Waals surface area contributed by atoms with Gasteiger partial charge in [0.1, 0.15) is 17.6 Å². The highest BCUT2D eigenvalue weighted by molar-refractivity contribution is 6.29. The quantitative estimate of drug-likeness (QED) is 0.596. The average molecular weight is 409 g/mol. The summed E-state index contributed by atoms with van der Waals surface area (Å²) in [4.78, 5) is 9.89. The van der Waals surface area contributed by atoms with Crippen molar-refractivity contribution in [1.29, 1.82) is 0 Å². The topological polar surface area (TPSA) is 43.2 Å². The van der Waals surface area contributed by atoms with Crippen molar-refractivity contribution in [3.8, 4) is 17.1 Å². The molecule has 0 N–H and O–H groups in total. The number of aryl methyl sites for hydroxylation is 1. The Hall–Kier alpha value is -2.74. The van der Waals surface area contributed by atoms with E-state index in [0.29, 0.717) is 36.2 Å². The normalized spacial score (nSPS) is 14.0. The van der Waals surface area contributed by atoms with Gasteiger partial charge in [0.15, 0.2) is 11.4 Å². The molecule has 2 aromatic heterocycles. The predicted molar refractivity (Wildman–Crippen MR) is 99.4 cm³/mol. The molecule has 0 spiro atoms. The fraction of sp³-hybridized carbons (Fsp3) is 0.263. The number of hydrogen-bond donors (Lipinski definition) is 0. The van der Waals surface area contributed by atoms with Crippen molar-refractivity contribution in [2.45, 2.75) is 12.7 Å². The van der Waals surface area contributed by atoms with E-state index in [-0.39, 0.29) is 5.82 Å². The second-order valence-electron chi connectivity index (χ2n) is 6.50. The number of nitrogens with zero attached hydrogens (tertiary/aromatic N) is 4. The van der Waals surface area contributed by atoms with Crippen LogP contribution in [0.5, 0.6) is 5.75 Å². The number of benzene rings is 1. The van der Waals surface area contributed by atoms with Crippen molar-refractivity contribution in [3.05, 3.63) is 59.1 Å². The third-order valence-electron chi connectivity index (χ3n) is 4.53. The van der Waals surface area contributed by atoms with E-state index < -0.39 is 11.9 Å². The van der Waals surface area contributed by atoms with E-state index in [9.17, 15) is 13.2 Å². The summed E-state index contributed by atoms with van der Waals surface area (Å²) in [7, 11) is 1.55. The van der Waals surface area contributed by atoms with Gasteiger partial charge in [-0.15, -0.1) is 0 Å². The van der Waals surface area contributed by atoms with Gasteiger partial charge >= 0.3 is 6.18 Å². The van der Waals surface area contributed by atoms with Crippen molar-refractivity contribution in [3.63, 3.8) is 0 Å². The Morgan fingerprint density at radius 2 is 1.96 bits per heavy atom. The maximum absolute atomic E-state index is 12.9. The molecule has 0 radical (unpaired) electrons. The van der Waals surface area contributed by atoms with Crippen LogP contribution in [0, 0.1) is 0 Å². The maximum Gasteiger partial charge on any atom is 0.434 e. The summed E-state index contributed by atoms with van der Waals surface area (Å²) >= 11 is 6.00. The molecule has 0 unspecified atom stereocenters. The Balaban J connectivity index is 1.56. The molecule has 3 heterocycles. The summed E-state index contributed by atoms with van der Waals surface area (Å²) in [6, 6.07) is 9.08. The Bertz CT molecular complexity index is 1000. The van der Waals surface area contributed by atoms with Gasteiger partial charge in [-0.05, 0) is 5.56 Å². The summed E-state index contributed by atoms with van der Waals surface area (Å²) in [5, 5.41) is 0.389. The van der Waals surface area contributed by atoms with E-state index in [2.05, 4.69) is 14.9 Å². The minimum atomic E-state index is -4.46. The number of imidazole rings is 1. The van der Waals surface area contributed by atoms with Gasteiger partial charge in [-0.2, -0.15) is 13.2 Å². The van der Waals surface area contributed by atoms with Crippen LogP contribution < -0.4 is 9.64 Å². The number of halogens is 4. The highest BCUT2D eigenvalue weighted by atomic mass is 35.5. The van der Waals surface area contributed by atoms with Gasteiger partial charge < -0.3 is 14.2 Å². The highest BCUT2D eigenvalue weighted by Gasteiger charge is 2.34. The molecular weight excluding hydrogens is 393 g/mol. The summed E-state index contributed by atoms with van der Waals surface area (Å²) in [5.74, 6) is 0.952. The first-order valence-corrected chi connectivity index (χ1v) is 8.92. The number of rotatable bonds is 3. The molecule has 4 rings (SSSR count). The van der Waals surface area contributed by atoms with Gasteiger partial charge in [0, 0.05) is 31.4 Å². The molecule has 0 saturated carbocycles. The molecule has 146 valence electrons. The highest BCUT2D eigenvalue weighted by Crippen LogP contribution is 2.34. The van der Waals surface area contributed by atoms with Crippen LogP contribution in [0.15, 0.2) is 42.7 Å². The maximum atomic E-state index is 12.9. The predicted octanol–water partition coefficient (Wildman–Crippen LogP) is 4.55. The number of ether oxygens (including phenoxy) is 1. The first-order valence-electron chi connectivity index (χ1n) is 8.54. The third-order valence-corrected chi connectivity index (χ3v) is 4.73. The molecule has 0 atom stereocenters. The van der Waals surface area contributed by atoms with Crippen molar-refractivity contribution in [2.24, 2.45) is 7.05 Å². The van der Waals surface area contributed by atoms with Crippen LogP contribution in [-0.2, 0) is 19.8 Å². The summed E-state index contributed by atoms with van der Waals surface area (Å²) in [6.07, 6.45) is -1.87. The van der Waals surface area contributed by atoms with Crippen molar-refractivity contribution < 1.29 is 17.9 Å². The fourth-order valence-electron chi connectivity index (χ4n) is 3.17. The Morgan fingerprint density at radius 3 is 2.64 bits per heavy atom. The largest absolute Gasteiger partial charge is 0.488 e. The van der Waals surface area contributed by atoms with Gasteiger partial charge in [0.05, 0.1) is 18.4 Å². The SMILES string of the molecule is Cn1cc(C(F)(F)F)nc1-c1ccc(CN2CCOc3cnc(Cl)cc32)cc1. The molecule has 0 aliphatic carbocycles. The van der Waals surface area contributed by atoms with Crippen LogP contribution in [0.3, 0.4) is 0 Å². The zero-order valence-electron chi connectivity index (χ0n) is 14.9. The van der Waals surface area contributed by atoms with Crippen LogP contribution in [0.2, 0.25) is 5.15 Å². The molecule has 1 aromatic carbocycles. The minimum absolute atomic E-state index is 0.272. The molecule has 28 heavy (non-hydrogen) atoms. The molecule has 0 fully saturated rings. The summed E-state index contributed by atoms with van der Waals surface area (Å²) in [6.45, 7) is 1.86. The monoisotopic (exact) mass is 408 g/mol. The molecular formula is C19H16ClF3N4O. The van der Waals surface area contributed by atoms with E-state index in [1.165, 1.54) is 4.57 Å². The van der Waals surface area contributed by atoms with E-state index in [1.54, 1.807) is 31.4 Å². The lowest BCUT2D eigenvalue weighted by Crippen LogP contribution is -2.32. The lowest BCUT2D eigenvalue weighted by atomic mass is 10.1. The summed E-state index contributed by atoms with van der Waals surface area (Å²) < 4.78 is 45.6. The molecule has 0 bridgehead atoms. The number of pyridine rings is 1. The van der Waals surface area contributed by atoms with E-state index in [4.69, 9.17) is 16.3 Å². The van der Waals surface area contributed by atoms with Crippen molar-refractivity contribution in [2.75, 3.05) is 18.1 Å². The number of alkyl halides is 3. The van der Waals surface area contributed by atoms with Crippen molar-refractivity contribution >= 4 is 17.3 Å². The second-order valence-corrected chi connectivity index (χ2v) is 6.89. The molecule has 0 amide bonds. The number of fused-ring (bicyclic) bond motifs is 1. The first kappa shape index (κ1) is 18.6. The first-order chi connectivity index (χ1) is 13.3.